The third kappa shape index (κ3) is 2.12. The number of nitrogens with one attached hydrogen (secondary N) is 2. The van der Waals surface area contributed by atoms with Gasteiger partial charge in [-0.05, 0) is 17.5 Å². The number of aromatic amines is 1. The number of hydrogen-bond donors (Lipinski definition) is 3. The SMILES string of the molecule is O=S(O)Nc1[nH]c2ccccc2c1-c1csc2ccccc12. The maximum absolute atomic E-state index is 11.2. The van der Waals surface area contributed by atoms with Crippen molar-refractivity contribution in [3.05, 3.63) is 53.9 Å². The van der Waals surface area contributed by atoms with Crippen LogP contribution in [-0.4, -0.2) is 13.7 Å². The summed E-state index contributed by atoms with van der Waals surface area (Å²) in [7, 11) is 0. The molecular formula is C16H12N2O2S2. The van der Waals surface area contributed by atoms with Crippen LogP contribution in [0, 0.1) is 0 Å². The molecule has 0 radical (unpaired) electrons. The zero-order valence-electron chi connectivity index (χ0n) is 11.4. The van der Waals surface area contributed by atoms with E-state index in [1.54, 1.807) is 11.3 Å². The van der Waals surface area contributed by atoms with Crippen molar-refractivity contribution in [2.75, 3.05) is 4.72 Å². The second-order valence-electron chi connectivity index (χ2n) is 4.92. The summed E-state index contributed by atoms with van der Waals surface area (Å²) in [5, 5.41) is 4.26. The second-order valence-corrected chi connectivity index (χ2v) is 6.53. The lowest BCUT2D eigenvalue weighted by Gasteiger charge is -2.04. The monoisotopic (exact) mass is 328 g/mol. The van der Waals surface area contributed by atoms with Gasteiger partial charge in [0.15, 0.2) is 0 Å². The van der Waals surface area contributed by atoms with E-state index in [0.717, 1.165) is 27.4 Å². The maximum atomic E-state index is 11.2. The number of anilines is 1. The predicted octanol–water partition coefficient (Wildman–Crippen LogP) is 4.60. The zero-order valence-corrected chi connectivity index (χ0v) is 13.0. The van der Waals surface area contributed by atoms with Gasteiger partial charge < -0.3 is 4.98 Å². The van der Waals surface area contributed by atoms with E-state index in [0.29, 0.717) is 5.82 Å². The third-order valence-corrected chi connectivity index (χ3v) is 4.99. The molecule has 4 rings (SSSR count). The Hall–Kier alpha value is -2.15. The first-order chi connectivity index (χ1) is 10.7. The van der Waals surface area contributed by atoms with Crippen LogP contribution in [0.1, 0.15) is 0 Å². The Bertz CT molecular complexity index is 1000. The number of hydrogen-bond acceptors (Lipinski definition) is 2. The number of benzene rings is 2. The van der Waals surface area contributed by atoms with Crippen molar-refractivity contribution in [1.29, 1.82) is 0 Å². The Morgan fingerprint density at radius 1 is 1.05 bits per heavy atom. The minimum Gasteiger partial charge on any atom is -0.340 e. The predicted molar refractivity (Wildman–Crippen MR) is 93.5 cm³/mol. The van der Waals surface area contributed by atoms with Crippen molar-refractivity contribution in [3.63, 3.8) is 0 Å². The molecule has 6 heteroatoms. The molecular weight excluding hydrogens is 316 g/mol. The molecule has 4 nitrogen and oxygen atoms in total. The van der Waals surface area contributed by atoms with E-state index < -0.39 is 11.3 Å². The average Bonchev–Trinajstić information content (AvgIpc) is 3.07. The minimum absolute atomic E-state index is 0.561. The van der Waals surface area contributed by atoms with E-state index in [9.17, 15) is 8.76 Å². The summed E-state index contributed by atoms with van der Waals surface area (Å²) >= 11 is -0.458. The van der Waals surface area contributed by atoms with Crippen molar-refractivity contribution in [2.45, 2.75) is 0 Å². The number of H-pyrrole nitrogens is 1. The maximum Gasteiger partial charge on any atom is 0.260 e. The highest BCUT2D eigenvalue weighted by molar-refractivity contribution is 7.80. The molecule has 0 aliphatic carbocycles. The molecule has 2 aromatic heterocycles. The summed E-state index contributed by atoms with van der Waals surface area (Å²) in [5.74, 6) is 0.561. The molecule has 0 bridgehead atoms. The molecule has 0 saturated carbocycles. The van der Waals surface area contributed by atoms with E-state index in [4.69, 9.17) is 0 Å². The van der Waals surface area contributed by atoms with Gasteiger partial charge in [0.05, 0.1) is 0 Å². The molecule has 1 atom stereocenters. The third-order valence-electron chi connectivity index (χ3n) is 3.65. The van der Waals surface area contributed by atoms with Crippen LogP contribution >= 0.6 is 11.3 Å². The van der Waals surface area contributed by atoms with Crippen molar-refractivity contribution in [2.24, 2.45) is 0 Å². The van der Waals surface area contributed by atoms with Gasteiger partial charge in [-0.15, -0.1) is 11.3 Å². The van der Waals surface area contributed by atoms with Crippen LogP contribution in [-0.2, 0) is 11.3 Å². The van der Waals surface area contributed by atoms with Crippen molar-refractivity contribution >= 4 is 49.4 Å². The Morgan fingerprint density at radius 3 is 2.59 bits per heavy atom. The quantitative estimate of drug-likeness (QED) is 0.481. The van der Waals surface area contributed by atoms with Gasteiger partial charge in [-0.25, -0.2) is 4.21 Å². The van der Waals surface area contributed by atoms with E-state index in [-0.39, 0.29) is 0 Å². The molecule has 2 aromatic carbocycles. The fourth-order valence-corrected chi connectivity index (χ4v) is 4.04. The summed E-state index contributed by atoms with van der Waals surface area (Å²) < 4.78 is 24.2. The molecule has 110 valence electrons. The molecule has 0 aliphatic rings. The van der Waals surface area contributed by atoms with Gasteiger partial charge in [-0.3, -0.25) is 9.27 Å². The standard InChI is InChI=1S/C16H12N2O2S2/c19-22(20)18-16-15(11-6-1-3-7-13(11)17-16)12-9-21-14-8-4-2-5-10(12)14/h1-9,17-18H,(H,19,20). The number of rotatable bonds is 3. The van der Waals surface area contributed by atoms with Gasteiger partial charge in [0.25, 0.3) is 11.3 Å². The van der Waals surface area contributed by atoms with Gasteiger partial charge >= 0.3 is 0 Å². The topological polar surface area (TPSA) is 65.1 Å². The van der Waals surface area contributed by atoms with E-state index in [1.165, 1.54) is 4.70 Å². The number of aromatic nitrogens is 1. The van der Waals surface area contributed by atoms with Crippen LogP contribution in [0.25, 0.3) is 32.1 Å². The molecule has 1 unspecified atom stereocenters. The highest BCUT2D eigenvalue weighted by atomic mass is 32.2. The van der Waals surface area contributed by atoms with Crippen molar-refractivity contribution in [1.82, 2.24) is 4.98 Å². The van der Waals surface area contributed by atoms with Crippen LogP contribution in [0.4, 0.5) is 5.82 Å². The van der Waals surface area contributed by atoms with Gasteiger partial charge in [0.2, 0.25) is 0 Å². The molecule has 0 fully saturated rings. The number of para-hydroxylation sites is 1. The van der Waals surface area contributed by atoms with E-state index in [1.807, 2.05) is 36.4 Å². The highest BCUT2D eigenvalue weighted by Gasteiger charge is 2.17. The van der Waals surface area contributed by atoms with E-state index in [2.05, 4.69) is 27.2 Å². The van der Waals surface area contributed by atoms with Crippen LogP contribution in [0.5, 0.6) is 0 Å². The largest absolute Gasteiger partial charge is 0.340 e. The Labute approximate surface area is 133 Å². The van der Waals surface area contributed by atoms with Crippen molar-refractivity contribution in [3.8, 4) is 11.1 Å². The molecule has 0 saturated heterocycles. The molecule has 3 N–H and O–H groups in total. The van der Waals surface area contributed by atoms with Gasteiger partial charge in [-0.1, -0.05) is 36.4 Å². The first-order valence-electron chi connectivity index (χ1n) is 6.69. The fraction of sp³-hybridized carbons (Fsp3) is 0. The van der Waals surface area contributed by atoms with Crippen LogP contribution < -0.4 is 4.72 Å². The average molecular weight is 328 g/mol. The van der Waals surface area contributed by atoms with Crippen LogP contribution in [0.3, 0.4) is 0 Å². The van der Waals surface area contributed by atoms with E-state index >= 15 is 0 Å². The van der Waals surface area contributed by atoms with Gasteiger partial charge in [-0.2, -0.15) is 0 Å². The van der Waals surface area contributed by atoms with Crippen LogP contribution in [0.2, 0.25) is 0 Å². The Morgan fingerprint density at radius 2 is 1.77 bits per heavy atom. The molecule has 4 aromatic rings. The second kappa shape index (κ2) is 5.24. The summed E-state index contributed by atoms with van der Waals surface area (Å²) in [6, 6.07) is 16.0. The number of fused-ring (bicyclic) bond motifs is 2. The first kappa shape index (κ1) is 13.5. The fourth-order valence-electron chi connectivity index (χ4n) is 2.76. The van der Waals surface area contributed by atoms with Crippen LogP contribution in [0.15, 0.2) is 53.9 Å². The molecule has 0 amide bonds. The molecule has 0 spiro atoms. The lowest BCUT2D eigenvalue weighted by Crippen LogP contribution is -2.02. The minimum atomic E-state index is -2.13. The normalized spacial score (nSPS) is 12.8. The summed E-state index contributed by atoms with van der Waals surface area (Å²) in [6.45, 7) is 0. The Balaban J connectivity index is 2.06. The first-order valence-corrected chi connectivity index (χ1v) is 8.67. The molecule has 22 heavy (non-hydrogen) atoms. The lowest BCUT2D eigenvalue weighted by atomic mass is 10.0. The summed E-state index contributed by atoms with van der Waals surface area (Å²) in [5.41, 5.74) is 2.92. The zero-order chi connectivity index (χ0) is 15.1. The van der Waals surface area contributed by atoms with Gasteiger partial charge in [0, 0.05) is 32.1 Å². The molecule has 0 aliphatic heterocycles. The highest BCUT2D eigenvalue weighted by Crippen LogP contribution is 2.41. The van der Waals surface area contributed by atoms with Gasteiger partial charge in [0.1, 0.15) is 5.82 Å². The Kier molecular flexibility index (Phi) is 3.22. The lowest BCUT2D eigenvalue weighted by molar-refractivity contribution is 0.570. The molecule has 2 heterocycles. The number of thiophene rings is 1. The summed E-state index contributed by atoms with van der Waals surface area (Å²) in [4.78, 5) is 3.19. The smallest absolute Gasteiger partial charge is 0.260 e. The van der Waals surface area contributed by atoms with Crippen molar-refractivity contribution < 1.29 is 8.76 Å². The summed E-state index contributed by atoms with van der Waals surface area (Å²) in [6.07, 6.45) is 0.